The first-order valence-electron chi connectivity index (χ1n) is 9.30. The minimum Gasteiger partial charge on any atom is -0.367 e. The number of benzene rings is 2. The maximum Gasteiger partial charge on any atom is 0.225 e. The van der Waals surface area contributed by atoms with Crippen LogP contribution in [0.4, 0.5) is 11.8 Å². The van der Waals surface area contributed by atoms with Gasteiger partial charge < -0.3 is 10.6 Å². The van der Waals surface area contributed by atoms with Crippen molar-refractivity contribution in [2.24, 2.45) is 0 Å². The van der Waals surface area contributed by atoms with Crippen LogP contribution in [0.2, 0.25) is 5.02 Å². The smallest absolute Gasteiger partial charge is 0.225 e. The van der Waals surface area contributed by atoms with E-state index in [2.05, 4.69) is 21.7 Å². The Morgan fingerprint density at radius 2 is 1.69 bits per heavy atom. The first-order chi connectivity index (χ1) is 12.8. The standard InChI is InChI=1S/C21H23ClN4/c22-18-12-6-4-8-15(18)14-23-21-25-19-13-7-5-11-17(19)20(26-21)24-16-9-2-1-3-10-16/h4-8,11-13,16H,1-3,9-10,14H2,(H2,23,24,25,26). The summed E-state index contributed by atoms with van der Waals surface area (Å²) >= 11 is 6.25. The van der Waals surface area contributed by atoms with Crippen LogP contribution in [0, 0.1) is 0 Å². The predicted molar refractivity (Wildman–Crippen MR) is 109 cm³/mol. The van der Waals surface area contributed by atoms with Gasteiger partial charge in [0.25, 0.3) is 0 Å². The molecule has 0 saturated heterocycles. The van der Waals surface area contributed by atoms with Gasteiger partial charge in [-0.3, -0.25) is 0 Å². The van der Waals surface area contributed by atoms with E-state index in [-0.39, 0.29) is 0 Å². The lowest BCUT2D eigenvalue weighted by atomic mass is 9.95. The molecule has 4 nitrogen and oxygen atoms in total. The molecule has 2 N–H and O–H groups in total. The molecule has 0 bridgehead atoms. The van der Waals surface area contributed by atoms with Crippen LogP contribution in [0.1, 0.15) is 37.7 Å². The Hall–Kier alpha value is -2.33. The van der Waals surface area contributed by atoms with Crippen LogP contribution in [0.5, 0.6) is 0 Å². The molecule has 0 radical (unpaired) electrons. The maximum atomic E-state index is 6.25. The van der Waals surface area contributed by atoms with Gasteiger partial charge in [0.2, 0.25) is 5.95 Å². The van der Waals surface area contributed by atoms with Gasteiger partial charge >= 0.3 is 0 Å². The molecule has 134 valence electrons. The van der Waals surface area contributed by atoms with Gasteiger partial charge in [-0.15, -0.1) is 0 Å². The fraction of sp³-hybridized carbons (Fsp3) is 0.333. The summed E-state index contributed by atoms with van der Waals surface area (Å²) in [5.74, 6) is 1.55. The van der Waals surface area contributed by atoms with Gasteiger partial charge in [0.15, 0.2) is 0 Å². The van der Waals surface area contributed by atoms with E-state index < -0.39 is 0 Å². The molecule has 1 saturated carbocycles. The molecule has 2 aromatic carbocycles. The maximum absolute atomic E-state index is 6.25. The van der Waals surface area contributed by atoms with Crippen molar-refractivity contribution < 1.29 is 0 Å². The van der Waals surface area contributed by atoms with E-state index in [0.29, 0.717) is 18.5 Å². The molecule has 4 rings (SSSR count). The van der Waals surface area contributed by atoms with Crippen molar-refractivity contribution in [2.75, 3.05) is 10.6 Å². The summed E-state index contributed by atoms with van der Waals surface area (Å²) in [6.07, 6.45) is 6.34. The van der Waals surface area contributed by atoms with Gasteiger partial charge in [0.1, 0.15) is 5.82 Å². The summed E-state index contributed by atoms with van der Waals surface area (Å²) in [7, 11) is 0. The Morgan fingerprint density at radius 1 is 0.923 bits per heavy atom. The molecule has 0 unspecified atom stereocenters. The molecule has 26 heavy (non-hydrogen) atoms. The first kappa shape index (κ1) is 17.1. The molecule has 5 heteroatoms. The van der Waals surface area contributed by atoms with Crippen molar-refractivity contribution in [1.29, 1.82) is 0 Å². The zero-order chi connectivity index (χ0) is 17.8. The van der Waals surface area contributed by atoms with E-state index in [1.807, 2.05) is 42.5 Å². The lowest BCUT2D eigenvalue weighted by Crippen LogP contribution is -2.23. The van der Waals surface area contributed by atoms with Gasteiger partial charge in [-0.1, -0.05) is 61.2 Å². The topological polar surface area (TPSA) is 49.8 Å². The van der Waals surface area contributed by atoms with E-state index in [9.17, 15) is 0 Å². The third-order valence-corrected chi connectivity index (χ3v) is 5.31. The predicted octanol–water partition coefficient (Wildman–Crippen LogP) is 5.64. The van der Waals surface area contributed by atoms with Crippen LogP contribution in [0.3, 0.4) is 0 Å². The number of aromatic nitrogens is 2. The molecule has 3 aromatic rings. The van der Waals surface area contributed by atoms with Crippen LogP contribution in [-0.2, 0) is 6.54 Å². The largest absolute Gasteiger partial charge is 0.367 e. The number of para-hydroxylation sites is 1. The van der Waals surface area contributed by atoms with Crippen LogP contribution >= 0.6 is 11.6 Å². The summed E-state index contributed by atoms with van der Waals surface area (Å²) in [4.78, 5) is 9.43. The molecular formula is C21H23ClN4. The SMILES string of the molecule is Clc1ccccc1CNc1nc(NC2CCCCC2)c2ccccc2n1. The first-order valence-corrected chi connectivity index (χ1v) is 9.68. The molecular weight excluding hydrogens is 344 g/mol. The Labute approximate surface area is 159 Å². The lowest BCUT2D eigenvalue weighted by Gasteiger charge is -2.24. The highest BCUT2D eigenvalue weighted by Gasteiger charge is 2.16. The summed E-state index contributed by atoms with van der Waals surface area (Å²) in [6.45, 7) is 0.598. The van der Waals surface area contributed by atoms with Crippen molar-refractivity contribution in [1.82, 2.24) is 9.97 Å². The second-order valence-corrected chi connectivity index (χ2v) is 7.24. The number of hydrogen-bond acceptors (Lipinski definition) is 4. The molecule has 1 fully saturated rings. The Morgan fingerprint density at radius 3 is 2.54 bits per heavy atom. The van der Waals surface area contributed by atoms with Crippen molar-refractivity contribution in [3.05, 3.63) is 59.1 Å². The second-order valence-electron chi connectivity index (χ2n) is 6.84. The molecule has 0 amide bonds. The third kappa shape index (κ3) is 3.91. The van der Waals surface area contributed by atoms with Crippen molar-refractivity contribution >= 4 is 34.3 Å². The van der Waals surface area contributed by atoms with Gasteiger partial charge in [-0.05, 0) is 36.6 Å². The fourth-order valence-electron chi connectivity index (χ4n) is 3.52. The molecule has 0 spiro atoms. The second kappa shape index (κ2) is 7.92. The van der Waals surface area contributed by atoms with E-state index in [4.69, 9.17) is 16.6 Å². The van der Waals surface area contributed by atoms with Crippen LogP contribution in [-0.4, -0.2) is 16.0 Å². The summed E-state index contributed by atoms with van der Waals surface area (Å²) in [5.41, 5.74) is 1.98. The molecule has 1 aliphatic carbocycles. The molecule has 1 heterocycles. The fourth-order valence-corrected chi connectivity index (χ4v) is 3.72. The Balaban J connectivity index is 1.59. The van der Waals surface area contributed by atoms with Crippen molar-refractivity contribution in [3.8, 4) is 0 Å². The molecule has 0 atom stereocenters. The zero-order valence-corrected chi connectivity index (χ0v) is 15.5. The van der Waals surface area contributed by atoms with Crippen molar-refractivity contribution in [2.45, 2.75) is 44.7 Å². The number of hydrogen-bond donors (Lipinski definition) is 2. The summed E-state index contributed by atoms with van der Waals surface area (Å²) < 4.78 is 0. The normalized spacial score (nSPS) is 15.1. The minimum absolute atomic E-state index is 0.499. The number of nitrogens with zero attached hydrogens (tertiary/aromatic N) is 2. The summed E-state index contributed by atoms with van der Waals surface area (Å²) in [6, 6.07) is 16.5. The van der Waals surface area contributed by atoms with Gasteiger partial charge in [0, 0.05) is 23.0 Å². The van der Waals surface area contributed by atoms with Crippen molar-refractivity contribution in [3.63, 3.8) is 0 Å². The average molecular weight is 367 g/mol. The van der Waals surface area contributed by atoms with E-state index in [1.165, 1.54) is 32.1 Å². The molecule has 0 aliphatic heterocycles. The highest BCUT2D eigenvalue weighted by atomic mass is 35.5. The Bertz CT molecular complexity index is 890. The number of nitrogens with one attached hydrogen (secondary N) is 2. The van der Waals surface area contributed by atoms with E-state index in [0.717, 1.165) is 27.3 Å². The number of halogens is 1. The minimum atomic E-state index is 0.499. The quantitative estimate of drug-likeness (QED) is 0.613. The summed E-state index contributed by atoms with van der Waals surface area (Å²) in [5, 5.41) is 8.80. The highest BCUT2D eigenvalue weighted by Crippen LogP contribution is 2.27. The Kier molecular flexibility index (Phi) is 5.21. The van der Waals surface area contributed by atoms with Crippen LogP contribution < -0.4 is 10.6 Å². The van der Waals surface area contributed by atoms with Gasteiger partial charge in [-0.25, -0.2) is 4.98 Å². The monoisotopic (exact) mass is 366 g/mol. The van der Waals surface area contributed by atoms with E-state index >= 15 is 0 Å². The number of rotatable bonds is 5. The van der Waals surface area contributed by atoms with Crippen LogP contribution in [0.25, 0.3) is 10.9 Å². The lowest BCUT2D eigenvalue weighted by molar-refractivity contribution is 0.462. The van der Waals surface area contributed by atoms with E-state index in [1.54, 1.807) is 0 Å². The number of fused-ring (bicyclic) bond motifs is 1. The van der Waals surface area contributed by atoms with Gasteiger partial charge in [0.05, 0.1) is 5.52 Å². The zero-order valence-electron chi connectivity index (χ0n) is 14.7. The van der Waals surface area contributed by atoms with Crippen LogP contribution in [0.15, 0.2) is 48.5 Å². The van der Waals surface area contributed by atoms with Gasteiger partial charge in [-0.2, -0.15) is 4.98 Å². The molecule has 1 aliphatic rings. The average Bonchev–Trinajstić information content (AvgIpc) is 2.68. The number of anilines is 2. The highest BCUT2D eigenvalue weighted by molar-refractivity contribution is 6.31. The third-order valence-electron chi connectivity index (χ3n) is 4.94. The molecule has 1 aromatic heterocycles.